The molecule has 0 aliphatic carbocycles. The third kappa shape index (κ3) is 3.24. The molecule has 0 spiro atoms. The summed E-state index contributed by atoms with van der Waals surface area (Å²) in [6, 6.07) is 14.6. The Kier molecular flexibility index (Phi) is 3.93. The molecule has 1 aliphatic rings. The van der Waals surface area contributed by atoms with Crippen LogP contribution in [0.25, 0.3) is 10.8 Å². The summed E-state index contributed by atoms with van der Waals surface area (Å²) in [6.45, 7) is 3.69. The molecule has 2 atom stereocenters. The third-order valence-electron chi connectivity index (χ3n) is 4.21. The zero-order valence-corrected chi connectivity index (χ0v) is 12.5. The number of rotatable bonds is 2. The van der Waals surface area contributed by atoms with Gasteiger partial charge in [-0.15, -0.1) is 0 Å². The van der Waals surface area contributed by atoms with E-state index in [4.69, 9.17) is 5.73 Å². The summed E-state index contributed by atoms with van der Waals surface area (Å²) in [5.41, 5.74) is 7.10. The van der Waals surface area contributed by atoms with Crippen LogP contribution in [-0.2, 0) is 11.2 Å². The molecule has 1 fully saturated rings. The van der Waals surface area contributed by atoms with Crippen LogP contribution in [0, 0.1) is 5.92 Å². The van der Waals surface area contributed by atoms with E-state index in [1.54, 1.807) is 0 Å². The molecule has 2 aromatic rings. The van der Waals surface area contributed by atoms with Crippen LogP contribution in [0.3, 0.4) is 0 Å². The van der Waals surface area contributed by atoms with E-state index in [0.29, 0.717) is 18.9 Å². The summed E-state index contributed by atoms with van der Waals surface area (Å²) in [4.78, 5) is 14.4. The Morgan fingerprint density at radius 1 is 1.19 bits per heavy atom. The highest BCUT2D eigenvalue weighted by atomic mass is 16.2. The molecule has 0 bridgehead atoms. The zero-order valence-electron chi connectivity index (χ0n) is 12.5. The summed E-state index contributed by atoms with van der Waals surface area (Å²) in [7, 11) is 0. The zero-order chi connectivity index (χ0) is 14.8. The second kappa shape index (κ2) is 5.86. The summed E-state index contributed by atoms with van der Waals surface area (Å²) in [5, 5.41) is 2.40. The number of piperidine rings is 1. The lowest BCUT2D eigenvalue weighted by molar-refractivity contribution is -0.132. The molecule has 1 heterocycles. The lowest BCUT2D eigenvalue weighted by atomic mass is 9.96. The van der Waals surface area contributed by atoms with Gasteiger partial charge in [0.25, 0.3) is 0 Å². The Bertz CT molecular complexity index is 642. The van der Waals surface area contributed by atoms with Gasteiger partial charge in [-0.05, 0) is 28.7 Å². The van der Waals surface area contributed by atoms with Gasteiger partial charge in [-0.25, -0.2) is 0 Å². The van der Waals surface area contributed by atoms with Crippen LogP contribution in [0.15, 0.2) is 42.5 Å². The molecule has 2 unspecified atom stereocenters. The van der Waals surface area contributed by atoms with Gasteiger partial charge in [-0.1, -0.05) is 49.4 Å². The van der Waals surface area contributed by atoms with Crippen LogP contribution in [0.4, 0.5) is 0 Å². The molecule has 0 saturated carbocycles. The van der Waals surface area contributed by atoms with E-state index >= 15 is 0 Å². The molecule has 0 aromatic heterocycles. The maximum atomic E-state index is 12.5. The average molecular weight is 282 g/mol. The predicted molar refractivity (Wildman–Crippen MR) is 86.0 cm³/mol. The van der Waals surface area contributed by atoms with Gasteiger partial charge in [0, 0.05) is 19.1 Å². The van der Waals surface area contributed by atoms with Crippen molar-refractivity contribution in [3.8, 4) is 0 Å². The van der Waals surface area contributed by atoms with Gasteiger partial charge in [-0.2, -0.15) is 0 Å². The second-order valence-corrected chi connectivity index (χ2v) is 6.26. The normalized spacial score (nSPS) is 22.5. The summed E-state index contributed by atoms with van der Waals surface area (Å²) in [5.74, 6) is 0.682. The SMILES string of the molecule is CC1CC(N)CN(C(=O)Cc2ccc3ccccc3c2)C1. The number of carbonyl (C=O) groups excluding carboxylic acids is 1. The molecule has 21 heavy (non-hydrogen) atoms. The number of hydrogen-bond donors (Lipinski definition) is 1. The maximum absolute atomic E-state index is 12.5. The number of hydrogen-bond acceptors (Lipinski definition) is 2. The van der Waals surface area contributed by atoms with Crippen molar-refractivity contribution < 1.29 is 4.79 Å². The minimum atomic E-state index is 0.120. The Hall–Kier alpha value is -1.87. The number of amides is 1. The highest BCUT2D eigenvalue weighted by Gasteiger charge is 2.25. The standard InChI is InChI=1S/C18H22N2O/c1-13-8-17(19)12-20(11-13)18(21)10-14-6-7-15-4-2-3-5-16(15)9-14/h2-7,9,13,17H,8,10-12,19H2,1H3. The molecule has 3 nitrogen and oxygen atoms in total. The van der Waals surface area contributed by atoms with E-state index in [1.165, 1.54) is 10.8 Å². The molecule has 3 rings (SSSR count). The van der Waals surface area contributed by atoms with E-state index < -0.39 is 0 Å². The highest BCUT2D eigenvalue weighted by Crippen LogP contribution is 2.19. The Morgan fingerprint density at radius 3 is 2.71 bits per heavy atom. The van der Waals surface area contributed by atoms with Crippen molar-refractivity contribution in [2.24, 2.45) is 11.7 Å². The first-order valence-electron chi connectivity index (χ1n) is 7.63. The number of nitrogens with zero attached hydrogens (tertiary/aromatic N) is 1. The molecule has 1 saturated heterocycles. The fourth-order valence-electron chi connectivity index (χ4n) is 3.24. The number of fused-ring (bicyclic) bond motifs is 1. The summed E-state index contributed by atoms with van der Waals surface area (Å²) >= 11 is 0. The van der Waals surface area contributed by atoms with Gasteiger partial charge in [0.1, 0.15) is 0 Å². The van der Waals surface area contributed by atoms with Crippen LogP contribution in [0.2, 0.25) is 0 Å². The number of benzene rings is 2. The Balaban J connectivity index is 1.73. The first-order valence-corrected chi connectivity index (χ1v) is 7.63. The van der Waals surface area contributed by atoms with E-state index in [2.05, 4.69) is 31.2 Å². The van der Waals surface area contributed by atoms with Gasteiger partial charge < -0.3 is 10.6 Å². The molecular formula is C18H22N2O. The van der Waals surface area contributed by atoms with E-state index in [-0.39, 0.29) is 11.9 Å². The van der Waals surface area contributed by atoms with Gasteiger partial charge in [0.05, 0.1) is 6.42 Å². The topological polar surface area (TPSA) is 46.3 Å². The summed E-state index contributed by atoms with van der Waals surface area (Å²) in [6.07, 6.45) is 1.48. The molecule has 1 aliphatic heterocycles. The molecule has 2 N–H and O–H groups in total. The number of likely N-dealkylation sites (tertiary alicyclic amines) is 1. The van der Waals surface area contributed by atoms with E-state index in [0.717, 1.165) is 18.5 Å². The van der Waals surface area contributed by atoms with Crippen LogP contribution in [0.1, 0.15) is 18.9 Å². The smallest absolute Gasteiger partial charge is 0.227 e. The molecular weight excluding hydrogens is 260 g/mol. The molecule has 0 radical (unpaired) electrons. The lowest BCUT2D eigenvalue weighted by Gasteiger charge is -2.34. The van der Waals surface area contributed by atoms with Crippen LogP contribution < -0.4 is 5.73 Å². The first kappa shape index (κ1) is 14.1. The van der Waals surface area contributed by atoms with E-state index in [9.17, 15) is 4.79 Å². The quantitative estimate of drug-likeness (QED) is 0.920. The fourth-order valence-corrected chi connectivity index (χ4v) is 3.24. The second-order valence-electron chi connectivity index (χ2n) is 6.26. The number of nitrogens with two attached hydrogens (primary N) is 1. The third-order valence-corrected chi connectivity index (χ3v) is 4.21. The molecule has 110 valence electrons. The molecule has 2 aromatic carbocycles. The van der Waals surface area contributed by atoms with Crippen LogP contribution in [0.5, 0.6) is 0 Å². The summed E-state index contributed by atoms with van der Waals surface area (Å²) < 4.78 is 0. The van der Waals surface area contributed by atoms with Gasteiger partial charge in [0.15, 0.2) is 0 Å². The van der Waals surface area contributed by atoms with Crippen molar-refractivity contribution in [2.45, 2.75) is 25.8 Å². The highest BCUT2D eigenvalue weighted by molar-refractivity contribution is 5.85. The van der Waals surface area contributed by atoms with Crippen molar-refractivity contribution in [1.82, 2.24) is 4.90 Å². The first-order chi connectivity index (χ1) is 10.1. The minimum absolute atomic E-state index is 0.120. The van der Waals surface area contributed by atoms with Crippen LogP contribution >= 0.6 is 0 Å². The van der Waals surface area contributed by atoms with Gasteiger partial charge in [-0.3, -0.25) is 4.79 Å². The molecule has 3 heteroatoms. The Morgan fingerprint density at radius 2 is 1.95 bits per heavy atom. The van der Waals surface area contributed by atoms with Gasteiger partial charge >= 0.3 is 0 Å². The molecule has 1 amide bonds. The van der Waals surface area contributed by atoms with Crippen molar-refractivity contribution in [2.75, 3.05) is 13.1 Å². The maximum Gasteiger partial charge on any atom is 0.227 e. The van der Waals surface area contributed by atoms with Crippen molar-refractivity contribution in [1.29, 1.82) is 0 Å². The monoisotopic (exact) mass is 282 g/mol. The van der Waals surface area contributed by atoms with Crippen LogP contribution in [-0.4, -0.2) is 29.9 Å². The largest absolute Gasteiger partial charge is 0.341 e. The van der Waals surface area contributed by atoms with Crippen molar-refractivity contribution >= 4 is 16.7 Å². The number of carbonyl (C=O) groups is 1. The minimum Gasteiger partial charge on any atom is -0.341 e. The lowest BCUT2D eigenvalue weighted by Crippen LogP contribution is -2.49. The van der Waals surface area contributed by atoms with Gasteiger partial charge in [0.2, 0.25) is 5.91 Å². The average Bonchev–Trinajstić information content (AvgIpc) is 2.46. The van der Waals surface area contributed by atoms with E-state index in [1.807, 2.05) is 23.1 Å². The fraction of sp³-hybridized carbons (Fsp3) is 0.389. The van der Waals surface area contributed by atoms with Crippen molar-refractivity contribution in [3.63, 3.8) is 0 Å². The van der Waals surface area contributed by atoms with Crippen molar-refractivity contribution in [3.05, 3.63) is 48.0 Å². The Labute approximate surface area is 125 Å². The predicted octanol–water partition coefficient (Wildman–Crippen LogP) is 2.58.